The van der Waals surface area contributed by atoms with Gasteiger partial charge in [-0.3, -0.25) is 9.59 Å². The topological polar surface area (TPSA) is 131 Å². The second-order valence-electron chi connectivity index (χ2n) is 7.45. The number of hydrogen-bond donors (Lipinski definition) is 1. The summed E-state index contributed by atoms with van der Waals surface area (Å²) in [4.78, 5) is 28.9. The third-order valence-electron chi connectivity index (χ3n) is 5.14. The minimum absolute atomic E-state index is 0.0822. The van der Waals surface area contributed by atoms with E-state index in [1.54, 1.807) is 24.3 Å². The molecule has 2 heterocycles. The van der Waals surface area contributed by atoms with Crippen molar-refractivity contribution in [3.63, 3.8) is 0 Å². The Bertz CT molecular complexity index is 1410. The highest BCUT2D eigenvalue weighted by Gasteiger charge is 2.18. The van der Waals surface area contributed by atoms with E-state index in [1.165, 1.54) is 45.6 Å². The monoisotopic (exact) mass is 495 g/mol. The molecule has 36 heavy (non-hydrogen) atoms. The van der Waals surface area contributed by atoms with E-state index >= 15 is 0 Å². The van der Waals surface area contributed by atoms with Gasteiger partial charge in [-0.1, -0.05) is 5.16 Å². The number of halogens is 1. The Balaban J connectivity index is 1.45. The molecule has 2 aromatic carbocycles. The molecule has 4 aromatic rings. The average Bonchev–Trinajstić information content (AvgIpc) is 3.37. The number of nitrogens with one attached hydrogen (secondary N) is 1. The van der Waals surface area contributed by atoms with E-state index in [4.69, 9.17) is 18.7 Å². The molecular formula is C24H22FN5O6. The fourth-order valence-corrected chi connectivity index (χ4v) is 3.38. The van der Waals surface area contributed by atoms with Crippen molar-refractivity contribution >= 4 is 5.91 Å². The summed E-state index contributed by atoms with van der Waals surface area (Å²) in [5, 5.41) is 10.7. The van der Waals surface area contributed by atoms with Crippen molar-refractivity contribution in [2.75, 3.05) is 21.3 Å². The molecule has 11 nitrogen and oxygen atoms in total. The van der Waals surface area contributed by atoms with E-state index in [2.05, 4.69) is 20.6 Å². The van der Waals surface area contributed by atoms with Crippen LogP contribution in [0.2, 0.25) is 0 Å². The van der Waals surface area contributed by atoms with Crippen molar-refractivity contribution in [3.8, 4) is 28.5 Å². The van der Waals surface area contributed by atoms with Crippen molar-refractivity contribution in [1.29, 1.82) is 0 Å². The first kappa shape index (κ1) is 24.4. The number of amides is 1. The largest absolute Gasteiger partial charge is 0.493 e. The van der Waals surface area contributed by atoms with E-state index in [1.807, 2.05) is 0 Å². The molecule has 0 aliphatic heterocycles. The Labute approximate surface area is 204 Å². The summed E-state index contributed by atoms with van der Waals surface area (Å²) in [7, 11) is 4.49. The van der Waals surface area contributed by atoms with Crippen LogP contribution in [0, 0.1) is 5.82 Å². The number of aromatic nitrogens is 4. The Morgan fingerprint density at radius 3 is 2.36 bits per heavy atom. The number of nitrogens with zero attached hydrogens (tertiary/aromatic N) is 4. The fourth-order valence-electron chi connectivity index (χ4n) is 3.38. The average molecular weight is 495 g/mol. The van der Waals surface area contributed by atoms with Crippen LogP contribution >= 0.6 is 0 Å². The van der Waals surface area contributed by atoms with Gasteiger partial charge < -0.3 is 24.1 Å². The van der Waals surface area contributed by atoms with Crippen LogP contribution in [0.25, 0.3) is 11.3 Å². The number of benzene rings is 2. The maximum absolute atomic E-state index is 13.2. The number of rotatable bonds is 9. The molecule has 0 fully saturated rings. The van der Waals surface area contributed by atoms with Crippen LogP contribution in [0.3, 0.4) is 0 Å². The van der Waals surface area contributed by atoms with Crippen LogP contribution in [-0.2, 0) is 13.1 Å². The van der Waals surface area contributed by atoms with Crippen molar-refractivity contribution in [2.24, 2.45) is 0 Å². The summed E-state index contributed by atoms with van der Waals surface area (Å²) in [6, 6.07) is 12.0. The van der Waals surface area contributed by atoms with Gasteiger partial charge in [0.15, 0.2) is 17.3 Å². The lowest BCUT2D eigenvalue weighted by molar-refractivity contribution is 0.0907. The molecule has 0 unspecified atom stereocenters. The quantitative estimate of drug-likeness (QED) is 0.372. The highest BCUT2D eigenvalue weighted by molar-refractivity contribution is 5.89. The summed E-state index contributed by atoms with van der Waals surface area (Å²) >= 11 is 0. The van der Waals surface area contributed by atoms with Gasteiger partial charge in [-0.2, -0.15) is 10.1 Å². The van der Waals surface area contributed by atoms with Gasteiger partial charge in [-0.15, -0.1) is 0 Å². The van der Waals surface area contributed by atoms with Gasteiger partial charge in [-0.05, 0) is 48.0 Å². The zero-order chi connectivity index (χ0) is 25.7. The summed E-state index contributed by atoms with van der Waals surface area (Å²) in [5.41, 5.74) is 1.37. The first-order valence-electron chi connectivity index (χ1n) is 10.7. The maximum Gasteiger partial charge on any atom is 0.316 e. The molecule has 1 amide bonds. The molecule has 0 aliphatic carbocycles. The van der Waals surface area contributed by atoms with Gasteiger partial charge in [0.2, 0.25) is 5.75 Å². The van der Waals surface area contributed by atoms with Gasteiger partial charge in [0.05, 0.1) is 27.0 Å². The van der Waals surface area contributed by atoms with Gasteiger partial charge >= 0.3 is 11.8 Å². The lowest BCUT2D eigenvalue weighted by atomic mass is 10.1. The highest BCUT2D eigenvalue weighted by atomic mass is 19.1. The van der Waals surface area contributed by atoms with E-state index in [-0.39, 0.29) is 30.6 Å². The van der Waals surface area contributed by atoms with Crippen LogP contribution in [0.4, 0.5) is 4.39 Å². The van der Waals surface area contributed by atoms with Crippen LogP contribution in [0.5, 0.6) is 17.2 Å². The van der Waals surface area contributed by atoms with E-state index in [0.717, 1.165) is 4.68 Å². The third-order valence-corrected chi connectivity index (χ3v) is 5.14. The lowest BCUT2D eigenvalue weighted by Crippen LogP contribution is -2.24. The molecule has 0 saturated carbocycles. The van der Waals surface area contributed by atoms with E-state index in [9.17, 15) is 14.0 Å². The summed E-state index contributed by atoms with van der Waals surface area (Å²) in [6.45, 7) is -0.00842. The summed E-state index contributed by atoms with van der Waals surface area (Å²) < 4.78 is 35.3. The molecule has 1 N–H and O–H groups in total. The van der Waals surface area contributed by atoms with E-state index < -0.39 is 11.5 Å². The Morgan fingerprint density at radius 2 is 1.72 bits per heavy atom. The number of carbonyl (C=O) groups excluding carboxylic acids is 1. The number of hydrogen-bond acceptors (Lipinski definition) is 9. The number of methoxy groups -OCH3 is 3. The lowest BCUT2D eigenvalue weighted by Gasteiger charge is -2.14. The van der Waals surface area contributed by atoms with Crippen molar-refractivity contribution < 1.29 is 27.9 Å². The highest BCUT2D eigenvalue weighted by Crippen LogP contribution is 2.38. The summed E-state index contributed by atoms with van der Waals surface area (Å²) in [6.07, 6.45) is 0. The van der Waals surface area contributed by atoms with Crippen molar-refractivity contribution in [2.45, 2.75) is 13.1 Å². The Hall–Kier alpha value is -4.74. The molecule has 12 heteroatoms. The van der Waals surface area contributed by atoms with Gasteiger partial charge in [0.1, 0.15) is 12.4 Å². The van der Waals surface area contributed by atoms with Gasteiger partial charge in [0.25, 0.3) is 5.56 Å². The third kappa shape index (κ3) is 5.32. The molecular weight excluding hydrogens is 473 g/mol. The second-order valence-corrected chi connectivity index (χ2v) is 7.45. The van der Waals surface area contributed by atoms with Gasteiger partial charge in [0, 0.05) is 18.2 Å². The molecule has 0 radical (unpaired) electrons. The first-order valence-corrected chi connectivity index (χ1v) is 10.7. The predicted molar refractivity (Wildman–Crippen MR) is 125 cm³/mol. The molecule has 4 rings (SSSR count). The molecule has 0 aliphatic rings. The number of carbonyl (C=O) groups is 1. The molecule has 0 saturated heterocycles. The number of ether oxygens (including phenoxy) is 3. The molecule has 0 atom stereocenters. The van der Waals surface area contributed by atoms with Gasteiger partial charge in [-0.25, -0.2) is 9.07 Å². The fraction of sp³-hybridized carbons (Fsp3) is 0.208. The SMILES string of the molecule is COc1cc(CNC(=O)c2nc(Cn3nc(-c4ccc(F)cc4)ccc3=O)no2)cc(OC)c1OC. The van der Waals surface area contributed by atoms with Crippen molar-refractivity contribution in [3.05, 3.63) is 82.0 Å². The standard InChI is InChI=1S/C24H22FN5O6/c1-33-18-10-14(11-19(34-2)22(18)35-3)12-26-23(32)24-27-20(29-36-24)13-30-21(31)9-8-17(28-30)15-4-6-16(25)7-5-15/h4-11H,12-13H2,1-3H3,(H,26,32). The smallest absolute Gasteiger partial charge is 0.316 e. The van der Waals surface area contributed by atoms with Crippen LogP contribution < -0.4 is 25.1 Å². The molecule has 0 spiro atoms. The van der Waals surface area contributed by atoms with Crippen LogP contribution in [0.15, 0.2) is 57.8 Å². The second kappa shape index (κ2) is 10.7. The van der Waals surface area contributed by atoms with Crippen LogP contribution in [-0.4, -0.2) is 47.2 Å². The minimum atomic E-state index is -0.608. The van der Waals surface area contributed by atoms with Crippen molar-refractivity contribution in [1.82, 2.24) is 25.2 Å². The summed E-state index contributed by atoms with van der Waals surface area (Å²) in [5.74, 6) is 0.143. The zero-order valence-electron chi connectivity index (χ0n) is 19.6. The Morgan fingerprint density at radius 1 is 1.03 bits per heavy atom. The molecule has 186 valence electrons. The normalized spacial score (nSPS) is 10.7. The first-order chi connectivity index (χ1) is 17.4. The minimum Gasteiger partial charge on any atom is -0.493 e. The maximum atomic E-state index is 13.2. The zero-order valence-corrected chi connectivity index (χ0v) is 19.6. The van der Waals surface area contributed by atoms with E-state index in [0.29, 0.717) is 34.1 Å². The Kier molecular flexibility index (Phi) is 7.23. The molecule has 0 bridgehead atoms. The molecule has 2 aromatic heterocycles. The van der Waals surface area contributed by atoms with Crippen LogP contribution in [0.1, 0.15) is 22.1 Å². The predicted octanol–water partition coefficient (Wildman–Crippen LogP) is 2.44.